The highest BCUT2D eigenvalue weighted by molar-refractivity contribution is 7.89. The van der Waals surface area contributed by atoms with Crippen molar-refractivity contribution in [2.75, 3.05) is 26.2 Å². The van der Waals surface area contributed by atoms with E-state index in [1.54, 1.807) is 6.20 Å². The number of nitrogens with one attached hydrogen (secondary N) is 1. The Morgan fingerprint density at radius 1 is 1.32 bits per heavy atom. The molecule has 25 heavy (non-hydrogen) atoms. The van der Waals surface area contributed by atoms with Crippen molar-refractivity contribution < 1.29 is 13.2 Å². The molecule has 1 aromatic heterocycles. The Labute approximate surface area is 154 Å². The van der Waals surface area contributed by atoms with Gasteiger partial charge >= 0.3 is 0 Å². The van der Waals surface area contributed by atoms with Gasteiger partial charge in [-0.05, 0) is 25.7 Å². The molecule has 8 nitrogen and oxygen atoms in total. The standard InChI is InChI=1S/C15H25N5O3S.ClH/c16-6-7-17-15(21)12-4-3-9-20(10-12)24(22,23)14-11-19-8-2-1-5-13(19)18-14;/h11-12H,1-10,16H2,(H,17,21);1H. The number of hydrogen-bond donors (Lipinski definition) is 2. The second-order valence-corrected chi connectivity index (χ2v) is 8.31. The molecule has 2 aliphatic rings. The topological polar surface area (TPSA) is 110 Å². The molecule has 3 heterocycles. The van der Waals surface area contributed by atoms with Crippen molar-refractivity contribution in [3.8, 4) is 0 Å². The van der Waals surface area contributed by atoms with E-state index >= 15 is 0 Å². The molecule has 1 fully saturated rings. The summed E-state index contributed by atoms with van der Waals surface area (Å²) in [5.41, 5.74) is 5.40. The first kappa shape index (κ1) is 20.2. The number of rotatable bonds is 5. The van der Waals surface area contributed by atoms with Crippen molar-refractivity contribution >= 4 is 28.3 Å². The van der Waals surface area contributed by atoms with Crippen LogP contribution in [0.3, 0.4) is 0 Å². The third kappa shape index (κ3) is 4.33. The minimum Gasteiger partial charge on any atom is -0.355 e. The zero-order valence-corrected chi connectivity index (χ0v) is 15.8. The number of aryl methyl sites for hydroxylation is 2. The normalized spacial score (nSPS) is 21.2. The van der Waals surface area contributed by atoms with Crippen LogP contribution in [0.5, 0.6) is 0 Å². The van der Waals surface area contributed by atoms with Crippen LogP contribution in [0.1, 0.15) is 31.5 Å². The van der Waals surface area contributed by atoms with Crippen molar-refractivity contribution in [1.29, 1.82) is 0 Å². The molecule has 1 aromatic rings. The van der Waals surface area contributed by atoms with Crippen molar-refractivity contribution in [3.63, 3.8) is 0 Å². The first-order chi connectivity index (χ1) is 11.5. The summed E-state index contributed by atoms with van der Waals surface area (Å²) in [4.78, 5) is 16.5. The molecule has 3 N–H and O–H groups in total. The Balaban J connectivity index is 0.00000225. The average Bonchev–Trinajstić information content (AvgIpc) is 3.04. The predicted molar refractivity (Wildman–Crippen MR) is 96.0 cm³/mol. The third-order valence-electron chi connectivity index (χ3n) is 4.69. The highest BCUT2D eigenvalue weighted by Crippen LogP contribution is 2.25. The molecule has 0 saturated carbocycles. The van der Waals surface area contributed by atoms with E-state index in [1.807, 2.05) is 4.57 Å². The summed E-state index contributed by atoms with van der Waals surface area (Å²) in [6.45, 7) is 2.25. The van der Waals surface area contributed by atoms with Gasteiger partial charge in [0.25, 0.3) is 10.0 Å². The van der Waals surface area contributed by atoms with Gasteiger partial charge in [-0.2, -0.15) is 4.31 Å². The second-order valence-electron chi connectivity index (χ2n) is 6.43. The molecular weight excluding hydrogens is 366 g/mol. The minimum absolute atomic E-state index is 0. The van der Waals surface area contributed by atoms with E-state index in [1.165, 1.54) is 4.31 Å². The average molecular weight is 392 g/mol. The monoisotopic (exact) mass is 391 g/mol. The van der Waals surface area contributed by atoms with E-state index in [0.717, 1.165) is 31.6 Å². The zero-order chi connectivity index (χ0) is 17.2. The number of carbonyl (C=O) groups excluding carboxylic acids is 1. The van der Waals surface area contributed by atoms with E-state index in [0.29, 0.717) is 32.5 Å². The number of nitrogens with two attached hydrogens (primary N) is 1. The molecule has 1 unspecified atom stereocenters. The second kappa shape index (κ2) is 8.48. The molecule has 10 heteroatoms. The number of piperidine rings is 1. The van der Waals surface area contributed by atoms with Gasteiger partial charge in [-0.25, -0.2) is 13.4 Å². The number of fused-ring (bicyclic) bond motifs is 1. The summed E-state index contributed by atoms with van der Waals surface area (Å²) in [5.74, 6) is 0.399. The molecule has 3 rings (SSSR count). The van der Waals surface area contributed by atoms with Gasteiger partial charge in [0.2, 0.25) is 5.91 Å². The van der Waals surface area contributed by atoms with E-state index in [4.69, 9.17) is 5.73 Å². The summed E-state index contributed by atoms with van der Waals surface area (Å²) >= 11 is 0. The number of imidazole rings is 1. The van der Waals surface area contributed by atoms with Gasteiger partial charge in [-0.1, -0.05) is 0 Å². The first-order valence-corrected chi connectivity index (χ1v) is 10.0. The van der Waals surface area contributed by atoms with Gasteiger partial charge in [0.1, 0.15) is 5.82 Å². The maximum absolute atomic E-state index is 12.9. The summed E-state index contributed by atoms with van der Waals surface area (Å²) in [7, 11) is -3.65. The van der Waals surface area contributed by atoms with Crippen LogP contribution in [0.25, 0.3) is 0 Å². The van der Waals surface area contributed by atoms with Crippen LogP contribution in [0, 0.1) is 5.92 Å². The van der Waals surface area contributed by atoms with Crippen LogP contribution in [-0.2, 0) is 27.8 Å². The first-order valence-electron chi connectivity index (χ1n) is 8.56. The predicted octanol–water partition coefficient (Wildman–Crippen LogP) is 0.117. The molecule has 0 aromatic carbocycles. The van der Waals surface area contributed by atoms with Crippen molar-refractivity contribution in [1.82, 2.24) is 19.2 Å². The zero-order valence-electron chi connectivity index (χ0n) is 14.2. The van der Waals surface area contributed by atoms with Crippen LogP contribution in [0.15, 0.2) is 11.2 Å². The number of carbonyl (C=O) groups is 1. The smallest absolute Gasteiger partial charge is 0.262 e. The summed E-state index contributed by atoms with van der Waals surface area (Å²) in [5, 5.41) is 2.86. The number of sulfonamides is 1. The molecule has 142 valence electrons. The SMILES string of the molecule is Cl.NCCNC(=O)C1CCCN(S(=O)(=O)c2cn3c(n2)CCCC3)C1. The molecule has 1 atom stereocenters. The Hall–Kier alpha value is -1.16. The molecule has 0 bridgehead atoms. The van der Waals surface area contributed by atoms with Crippen molar-refractivity contribution in [2.45, 2.75) is 43.7 Å². The summed E-state index contributed by atoms with van der Waals surface area (Å²) in [6, 6.07) is 0. The van der Waals surface area contributed by atoms with Gasteiger partial charge in [0.05, 0.1) is 5.92 Å². The fourth-order valence-electron chi connectivity index (χ4n) is 3.36. The maximum atomic E-state index is 12.9. The highest BCUT2D eigenvalue weighted by atomic mass is 35.5. The third-order valence-corrected chi connectivity index (χ3v) is 6.43. The summed E-state index contributed by atoms with van der Waals surface area (Å²) in [6.07, 6.45) is 5.93. The Morgan fingerprint density at radius 3 is 2.84 bits per heavy atom. The minimum atomic E-state index is -3.65. The largest absolute Gasteiger partial charge is 0.355 e. The van der Waals surface area contributed by atoms with E-state index < -0.39 is 10.0 Å². The Bertz CT molecular complexity index is 683. The van der Waals surface area contributed by atoms with Crippen LogP contribution in [0.2, 0.25) is 0 Å². The molecule has 2 aliphatic heterocycles. The van der Waals surface area contributed by atoms with Crippen molar-refractivity contribution in [2.24, 2.45) is 11.7 Å². The maximum Gasteiger partial charge on any atom is 0.262 e. The number of hydrogen-bond acceptors (Lipinski definition) is 5. The highest BCUT2D eigenvalue weighted by Gasteiger charge is 2.35. The van der Waals surface area contributed by atoms with Gasteiger partial charge in [-0.3, -0.25) is 4.79 Å². The lowest BCUT2D eigenvalue weighted by Crippen LogP contribution is -2.46. The van der Waals surface area contributed by atoms with Gasteiger partial charge in [0.15, 0.2) is 5.03 Å². The molecule has 1 amide bonds. The lowest BCUT2D eigenvalue weighted by molar-refractivity contribution is -0.126. The lowest BCUT2D eigenvalue weighted by Gasteiger charge is -2.30. The van der Waals surface area contributed by atoms with Crippen LogP contribution >= 0.6 is 12.4 Å². The molecule has 1 saturated heterocycles. The molecule has 0 spiro atoms. The molecule has 0 radical (unpaired) electrons. The Kier molecular flexibility index (Phi) is 6.84. The van der Waals surface area contributed by atoms with Crippen LogP contribution in [0.4, 0.5) is 0 Å². The van der Waals surface area contributed by atoms with E-state index in [9.17, 15) is 13.2 Å². The quantitative estimate of drug-likeness (QED) is 0.740. The molecule has 0 aliphatic carbocycles. The Morgan fingerprint density at radius 2 is 2.12 bits per heavy atom. The van der Waals surface area contributed by atoms with E-state index in [-0.39, 0.29) is 35.8 Å². The number of nitrogens with zero attached hydrogens (tertiary/aromatic N) is 3. The number of amides is 1. The van der Waals surface area contributed by atoms with E-state index in [2.05, 4.69) is 10.3 Å². The van der Waals surface area contributed by atoms with Crippen molar-refractivity contribution in [3.05, 3.63) is 12.0 Å². The number of halogens is 1. The summed E-state index contributed by atoms with van der Waals surface area (Å²) < 4.78 is 29.1. The lowest BCUT2D eigenvalue weighted by atomic mass is 9.99. The van der Waals surface area contributed by atoms with Crippen LogP contribution < -0.4 is 11.1 Å². The van der Waals surface area contributed by atoms with Gasteiger partial charge < -0.3 is 15.6 Å². The van der Waals surface area contributed by atoms with Gasteiger partial charge in [0, 0.05) is 45.3 Å². The fourth-order valence-corrected chi connectivity index (χ4v) is 4.85. The fraction of sp³-hybridized carbons (Fsp3) is 0.733. The van der Waals surface area contributed by atoms with Gasteiger partial charge in [-0.15, -0.1) is 12.4 Å². The number of aromatic nitrogens is 2. The van der Waals surface area contributed by atoms with Crippen LogP contribution in [-0.4, -0.2) is 54.4 Å². The molecular formula is C15H26ClN5O3S.